The Hall–Kier alpha value is -3.93. The minimum Gasteiger partial charge on any atom is -0.506 e. The number of hydrogen-bond donors (Lipinski definition) is 3. The number of halogens is 3. The van der Waals surface area contributed by atoms with E-state index in [1.165, 1.54) is 42.5 Å². The summed E-state index contributed by atoms with van der Waals surface area (Å²) in [5.41, 5.74) is 0.695. The van der Waals surface area contributed by atoms with Crippen molar-refractivity contribution >= 4 is 27.3 Å². The number of amides is 1. The molecule has 0 bridgehead atoms. The zero-order chi connectivity index (χ0) is 25.6. The maximum Gasteiger partial charge on any atom is 0.416 e. The lowest BCUT2D eigenvalue weighted by Crippen LogP contribution is -2.18. The highest BCUT2D eigenvalue weighted by molar-refractivity contribution is 7.92. The number of phenolic OH excluding ortho intramolecular Hbond substituents is 1. The monoisotopic (exact) mass is 507 g/mol. The van der Waals surface area contributed by atoms with Gasteiger partial charge in [-0.25, -0.2) is 8.42 Å². The van der Waals surface area contributed by atoms with E-state index in [9.17, 15) is 36.4 Å². The Kier molecular flexibility index (Phi) is 7.75. The molecule has 0 aliphatic heterocycles. The van der Waals surface area contributed by atoms with E-state index in [1.807, 2.05) is 0 Å². The fourth-order valence-corrected chi connectivity index (χ4v) is 4.21. The minimum atomic E-state index is -4.43. The second-order valence-electron chi connectivity index (χ2n) is 7.47. The Morgan fingerprint density at radius 3 is 2.11 bits per heavy atom. The maximum atomic E-state index is 12.7. The number of anilines is 2. The molecule has 0 aliphatic rings. The molecule has 0 radical (unpaired) electrons. The largest absolute Gasteiger partial charge is 0.506 e. The molecule has 3 aromatic rings. The number of hydrogen-bond acceptors (Lipinski definition) is 6. The van der Waals surface area contributed by atoms with Crippen molar-refractivity contribution in [2.45, 2.75) is 12.6 Å². The van der Waals surface area contributed by atoms with Crippen LogP contribution in [-0.2, 0) is 16.2 Å². The fourth-order valence-electron chi connectivity index (χ4n) is 3.10. The lowest BCUT2D eigenvalue weighted by atomic mass is 10.0. The van der Waals surface area contributed by atoms with Gasteiger partial charge < -0.3 is 10.4 Å². The molecule has 0 aromatic heterocycles. The maximum absolute atomic E-state index is 12.7. The third-order valence-electron chi connectivity index (χ3n) is 4.87. The van der Waals surface area contributed by atoms with Gasteiger partial charge >= 0.3 is 6.18 Å². The van der Waals surface area contributed by atoms with Crippen LogP contribution in [0.15, 0.2) is 71.9 Å². The van der Waals surface area contributed by atoms with E-state index in [4.69, 9.17) is 0 Å². The van der Waals surface area contributed by atoms with Gasteiger partial charge in [0.1, 0.15) is 5.75 Å². The summed E-state index contributed by atoms with van der Waals surface area (Å²) in [6, 6.07) is 14.6. The zero-order valence-corrected chi connectivity index (χ0v) is 18.9. The van der Waals surface area contributed by atoms with E-state index in [1.54, 1.807) is 12.1 Å². The molecule has 0 fully saturated rings. The van der Waals surface area contributed by atoms with Gasteiger partial charge in [-0.05, 0) is 60.0 Å². The number of nitroso groups, excluding NO2 is 1. The number of benzene rings is 3. The summed E-state index contributed by atoms with van der Waals surface area (Å²) in [5.74, 6) is -1.26. The lowest BCUT2D eigenvalue weighted by Gasteiger charge is -2.12. The summed E-state index contributed by atoms with van der Waals surface area (Å²) in [6.45, 7) is -0.166. The summed E-state index contributed by atoms with van der Waals surface area (Å²) >= 11 is 0. The van der Waals surface area contributed by atoms with Gasteiger partial charge in [0.15, 0.2) is 0 Å². The van der Waals surface area contributed by atoms with Gasteiger partial charge in [-0.2, -0.15) is 18.1 Å². The number of alkyl halides is 3. The van der Waals surface area contributed by atoms with Crippen molar-refractivity contribution in [3.63, 3.8) is 0 Å². The Morgan fingerprint density at radius 1 is 0.943 bits per heavy atom. The first kappa shape index (κ1) is 25.7. The molecule has 1 amide bonds. The van der Waals surface area contributed by atoms with Crippen LogP contribution in [0.25, 0.3) is 11.1 Å². The molecule has 12 heteroatoms. The summed E-state index contributed by atoms with van der Waals surface area (Å²) in [7, 11) is -3.85. The highest BCUT2D eigenvalue weighted by Gasteiger charge is 2.30. The standard InChI is InChI=1S/C23H20F3N3O5S/c24-23(25,26)18-8-6-16(7-9-18)15-2-4-17(5-3-15)22(31)28-19-10-11-21(30)20(14-19)29-35(33,34)13-1-12-27-32/h2-11,14,29-30H,1,12-13H2,(H,28,31). The van der Waals surface area contributed by atoms with E-state index in [0.717, 1.165) is 12.1 Å². The molecule has 0 saturated heterocycles. The third kappa shape index (κ3) is 7.03. The second-order valence-corrected chi connectivity index (χ2v) is 9.31. The SMILES string of the molecule is O=NCCCS(=O)(=O)Nc1cc(NC(=O)c2ccc(-c3ccc(C(F)(F)F)cc3)cc2)ccc1O. The van der Waals surface area contributed by atoms with Crippen molar-refractivity contribution in [3.8, 4) is 16.9 Å². The van der Waals surface area contributed by atoms with E-state index < -0.39 is 27.7 Å². The number of phenols is 1. The number of rotatable bonds is 9. The predicted octanol–water partition coefficient (Wildman–Crippen LogP) is 5.23. The molecule has 0 aliphatic carbocycles. The van der Waals surface area contributed by atoms with Crippen molar-refractivity contribution < 1.29 is 31.5 Å². The third-order valence-corrected chi connectivity index (χ3v) is 6.23. The van der Waals surface area contributed by atoms with Gasteiger partial charge in [-0.15, -0.1) is 0 Å². The predicted molar refractivity (Wildman–Crippen MR) is 126 cm³/mol. The first-order valence-electron chi connectivity index (χ1n) is 10.2. The summed E-state index contributed by atoms with van der Waals surface area (Å²) in [6.07, 6.45) is -4.42. The average molecular weight is 507 g/mol. The van der Waals surface area contributed by atoms with Crippen LogP contribution in [0.5, 0.6) is 5.75 Å². The molecule has 0 heterocycles. The van der Waals surface area contributed by atoms with Crippen molar-refractivity contribution in [2.24, 2.45) is 5.18 Å². The van der Waals surface area contributed by atoms with E-state index >= 15 is 0 Å². The first-order valence-corrected chi connectivity index (χ1v) is 11.9. The summed E-state index contributed by atoms with van der Waals surface area (Å²) in [4.78, 5) is 22.7. The first-order chi connectivity index (χ1) is 16.5. The number of nitrogens with zero attached hydrogens (tertiary/aromatic N) is 1. The summed E-state index contributed by atoms with van der Waals surface area (Å²) in [5, 5.41) is 15.1. The number of carbonyl (C=O) groups excluding carboxylic acids is 1. The fraction of sp³-hybridized carbons (Fsp3) is 0.174. The Bertz CT molecular complexity index is 1310. The van der Waals surface area contributed by atoms with Crippen LogP contribution < -0.4 is 10.0 Å². The molecule has 3 N–H and O–H groups in total. The smallest absolute Gasteiger partial charge is 0.416 e. The van der Waals surface area contributed by atoms with Gasteiger partial charge in [-0.3, -0.25) is 9.52 Å². The highest BCUT2D eigenvalue weighted by atomic mass is 32.2. The van der Waals surface area contributed by atoms with Crippen molar-refractivity contribution in [2.75, 3.05) is 22.3 Å². The molecular weight excluding hydrogens is 487 g/mol. The van der Waals surface area contributed by atoms with Crippen LogP contribution in [0.1, 0.15) is 22.3 Å². The van der Waals surface area contributed by atoms with E-state index in [-0.39, 0.29) is 41.4 Å². The van der Waals surface area contributed by atoms with Crippen molar-refractivity contribution in [1.82, 2.24) is 0 Å². The van der Waals surface area contributed by atoms with E-state index in [2.05, 4.69) is 15.2 Å². The van der Waals surface area contributed by atoms with Gasteiger partial charge in [0.2, 0.25) is 10.0 Å². The lowest BCUT2D eigenvalue weighted by molar-refractivity contribution is -0.137. The molecule has 3 rings (SSSR count). The molecule has 3 aromatic carbocycles. The number of carbonyl (C=O) groups is 1. The minimum absolute atomic E-state index is 0.0124. The normalized spacial score (nSPS) is 11.6. The van der Waals surface area contributed by atoms with Crippen molar-refractivity contribution in [3.05, 3.63) is 82.8 Å². The molecule has 35 heavy (non-hydrogen) atoms. The van der Waals surface area contributed by atoms with Gasteiger partial charge in [0, 0.05) is 11.3 Å². The van der Waals surface area contributed by atoms with Crippen LogP contribution >= 0.6 is 0 Å². The van der Waals surface area contributed by atoms with Crippen LogP contribution in [0, 0.1) is 4.91 Å². The Labute approximate surface area is 198 Å². The van der Waals surface area contributed by atoms with Crippen LogP contribution in [0.4, 0.5) is 24.5 Å². The molecule has 0 spiro atoms. The van der Waals surface area contributed by atoms with Crippen LogP contribution in [0.2, 0.25) is 0 Å². The topological polar surface area (TPSA) is 125 Å². The van der Waals surface area contributed by atoms with Gasteiger partial charge in [0.05, 0.1) is 23.5 Å². The van der Waals surface area contributed by atoms with Crippen LogP contribution in [-0.4, -0.2) is 31.7 Å². The molecule has 184 valence electrons. The van der Waals surface area contributed by atoms with Crippen LogP contribution in [0.3, 0.4) is 0 Å². The zero-order valence-electron chi connectivity index (χ0n) is 18.0. The van der Waals surface area contributed by atoms with E-state index in [0.29, 0.717) is 11.1 Å². The second kappa shape index (κ2) is 10.6. The van der Waals surface area contributed by atoms with Gasteiger partial charge in [-0.1, -0.05) is 29.4 Å². The molecule has 0 unspecified atom stereocenters. The van der Waals surface area contributed by atoms with Gasteiger partial charge in [0.25, 0.3) is 5.91 Å². The summed E-state index contributed by atoms with van der Waals surface area (Å²) < 4.78 is 64.6. The molecule has 0 saturated carbocycles. The quantitative estimate of drug-likeness (QED) is 0.158. The molecule has 0 atom stereocenters. The number of nitrogens with one attached hydrogen (secondary N) is 2. The molecule has 8 nitrogen and oxygen atoms in total. The van der Waals surface area contributed by atoms with Crippen molar-refractivity contribution in [1.29, 1.82) is 0 Å². The highest BCUT2D eigenvalue weighted by Crippen LogP contribution is 2.31. The Balaban J connectivity index is 1.70. The Morgan fingerprint density at radius 2 is 1.54 bits per heavy atom. The number of sulfonamides is 1. The average Bonchev–Trinajstić information content (AvgIpc) is 2.81. The molecular formula is C23H20F3N3O5S. The number of aromatic hydroxyl groups is 1.